The number of aliphatic hydroxyl groups is 1. The third-order valence-electron chi connectivity index (χ3n) is 7.71. The zero-order valence-corrected chi connectivity index (χ0v) is 23.5. The fourth-order valence-electron chi connectivity index (χ4n) is 5.82. The lowest BCUT2D eigenvalue weighted by Gasteiger charge is -2.46. The van der Waals surface area contributed by atoms with Crippen molar-refractivity contribution < 1.29 is 24.2 Å². The van der Waals surface area contributed by atoms with Crippen LogP contribution in [0.3, 0.4) is 0 Å². The highest BCUT2D eigenvalue weighted by molar-refractivity contribution is 5.92. The summed E-state index contributed by atoms with van der Waals surface area (Å²) >= 11 is 0. The van der Waals surface area contributed by atoms with Gasteiger partial charge in [0.25, 0.3) is 0 Å². The number of rotatable bonds is 10. The molecule has 2 heterocycles. The first-order chi connectivity index (χ1) is 19.9. The Morgan fingerprint density at radius 3 is 2.56 bits per heavy atom. The topological polar surface area (TPSA) is 106 Å². The summed E-state index contributed by atoms with van der Waals surface area (Å²) in [6.07, 6.45) is 0.572. The first-order valence-corrected chi connectivity index (χ1v) is 14.1. The molecule has 4 amide bonds. The van der Waals surface area contributed by atoms with Gasteiger partial charge in [0.05, 0.1) is 19.7 Å². The summed E-state index contributed by atoms with van der Waals surface area (Å²) < 4.78 is 5.48. The second-order valence-corrected chi connectivity index (χ2v) is 10.4. The van der Waals surface area contributed by atoms with Crippen LogP contribution in [0.2, 0.25) is 0 Å². The van der Waals surface area contributed by atoms with Crippen LogP contribution in [-0.4, -0.2) is 94.9 Å². The third-order valence-corrected chi connectivity index (χ3v) is 7.71. The number of aliphatic hydroxyl groups excluding tert-OH is 1. The minimum atomic E-state index is -0.724. The van der Waals surface area contributed by atoms with Crippen molar-refractivity contribution in [3.05, 3.63) is 77.9 Å². The van der Waals surface area contributed by atoms with Gasteiger partial charge in [-0.05, 0) is 40.5 Å². The van der Waals surface area contributed by atoms with Crippen LogP contribution in [-0.2, 0) is 22.6 Å². The van der Waals surface area contributed by atoms with E-state index in [4.69, 9.17) is 9.84 Å². The van der Waals surface area contributed by atoms with Crippen LogP contribution >= 0.6 is 0 Å². The van der Waals surface area contributed by atoms with Gasteiger partial charge in [-0.1, -0.05) is 61.5 Å². The van der Waals surface area contributed by atoms with Crippen molar-refractivity contribution in [3.8, 4) is 5.75 Å². The Morgan fingerprint density at radius 1 is 1.07 bits per heavy atom. The molecule has 3 aromatic rings. The molecule has 10 nitrogen and oxygen atoms in total. The lowest BCUT2D eigenvalue weighted by molar-refractivity contribution is -0.157. The van der Waals surface area contributed by atoms with Crippen LogP contribution in [0.4, 0.5) is 4.79 Å². The summed E-state index contributed by atoms with van der Waals surface area (Å²) in [5, 5.41) is 17.3. The monoisotopic (exact) mass is 559 g/mol. The summed E-state index contributed by atoms with van der Waals surface area (Å²) in [4.78, 5) is 44.0. The Balaban J connectivity index is 1.48. The molecule has 216 valence electrons. The quantitative estimate of drug-likeness (QED) is 0.396. The molecule has 0 spiro atoms. The van der Waals surface area contributed by atoms with Crippen LogP contribution in [0.1, 0.15) is 24.5 Å². The fraction of sp³-hybridized carbons (Fsp3) is 0.387. The van der Waals surface area contributed by atoms with E-state index in [0.717, 1.165) is 28.3 Å². The molecule has 2 aliphatic rings. The highest BCUT2D eigenvalue weighted by Gasteiger charge is 2.52. The second kappa shape index (κ2) is 12.6. The molecule has 0 saturated carbocycles. The molecular weight excluding hydrogens is 522 g/mol. The zero-order chi connectivity index (χ0) is 28.9. The van der Waals surface area contributed by atoms with E-state index < -0.39 is 12.2 Å². The Labute approximate surface area is 240 Å². The standard InChI is InChI=1S/C31H37N5O5/c1-3-15-34(31(40)32-2)35-21-29(38)36-27(18-22-11-13-25(14-12-22)41-17-16-37)30(39)33(20-28(35)36)19-24-9-6-8-23-7-4-5-10-26(23)24/h4-14,27-28,37H,3,15-21H2,1-2H3,(H,32,40)/t27-,28?/m0/s1. The molecule has 0 aromatic heterocycles. The van der Waals surface area contributed by atoms with Crippen LogP contribution < -0.4 is 10.1 Å². The molecule has 3 aromatic carbocycles. The van der Waals surface area contributed by atoms with Crippen molar-refractivity contribution in [1.82, 2.24) is 25.1 Å². The Morgan fingerprint density at radius 2 is 1.83 bits per heavy atom. The van der Waals surface area contributed by atoms with Gasteiger partial charge >= 0.3 is 6.03 Å². The molecular formula is C31H37N5O5. The van der Waals surface area contributed by atoms with E-state index in [1.807, 2.05) is 53.2 Å². The lowest BCUT2D eigenvalue weighted by atomic mass is 9.99. The van der Waals surface area contributed by atoms with E-state index in [2.05, 4.69) is 23.5 Å². The van der Waals surface area contributed by atoms with Crippen LogP contribution in [0.5, 0.6) is 5.75 Å². The summed E-state index contributed by atoms with van der Waals surface area (Å²) in [5.41, 5.74) is 1.91. The highest BCUT2D eigenvalue weighted by atomic mass is 16.5. The number of nitrogens with one attached hydrogen (secondary N) is 1. The van der Waals surface area contributed by atoms with Crippen molar-refractivity contribution in [3.63, 3.8) is 0 Å². The molecule has 2 N–H and O–H groups in total. The van der Waals surface area contributed by atoms with E-state index >= 15 is 0 Å². The molecule has 0 bridgehead atoms. The normalized spacial score (nSPS) is 19.0. The smallest absolute Gasteiger partial charge is 0.331 e. The van der Waals surface area contributed by atoms with Gasteiger partial charge in [0.1, 0.15) is 24.6 Å². The van der Waals surface area contributed by atoms with Crippen molar-refractivity contribution in [2.75, 3.05) is 39.9 Å². The molecule has 2 saturated heterocycles. The number of hydrazine groups is 1. The highest BCUT2D eigenvalue weighted by Crippen LogP contribution is 2.31. The average Bonchev–Trinajstić information content (AvgIpc) is 3.32. The summed E-state index contributed by atoms with van der Waals surface area (Å²) in [7, 11) is 1.58. The first kappa shape index (κ1) is 28.4. The minimum Gasteiger partial charge on any atom is -0.491 e. The number of carbonyl (C=O) groups is 3. The van der Waals surface area contributed by atoms with Gasteiger partial charge in [-0.2, -0.15) is 5.01 Å². The molecule has 41 heavy (non-hydrogen) atoms. The minimum absolute atomic E-state index is 0.0257. The number of benzene rings is 3. The lowest BCUT2D eigenvalue weighted by Crippen LogP contribution is -2.66. The van der Waals surface area contributed by atoms with Gasteiger partial charge in [-0.3, -0.25) is 14.6 Å². The summed E-state index contributed by atoms with van der Waals surface area (Å²) in [6, 6.07) is 20.5. The van der Waals surface area contributed by atoms with Gasteiger partial charge < -0.3 is 25.0 Å². The largest absolute Gasteiger partial charge is 0.491 e. The fourth-order valence-corrected chi connectivity index (χ4v) is 5.82. The van der Waals surface area contributed by atoms with Crippen molar-refractivity contribution in [1.29, 1.82) is 0 Å². The zero-order valence-electron chi connectivity index (χ0n) is 23.5. The number of piperazine rings is 1. The molecule has 2 fully saturated rings. The predicted molar refractivity (Wildman–Crippen MR) is 155 cm³/mol. The number of hydrogen-bond donors (Lipinski definition) is 2. The molecule has 0 radical (unpaired) electrons. The molecule has 10 heteroatoms. The number of ether oxygens (including phenoxy) is 1. The van der Waals surface area contributed by atoms with Gasteiger partial charge in [0.15, 0.2) is 0 Å². The summed E-state index contributed by atoms with van der Waals surface area (Å²) in [6.45, 7) is 3.26. The van der Waals surface area contributed by atoms with E-state index in [0.29, 0.717) is 25.3 Å². The maximum Gasteiger partial charge on any atom is 0.331 e. The Hall–Kier alpha value is -4.15. The molecule has 2 aliphatic heterocycles. The Kier molecular flexibility index (Phi) is 8.70. The predicted octanol–water partition coefficient (Wildman–Crippen LogP) is 2.60. The van der Waals surface area contributed by atoms with Gasteiger partial charge in [-0.15, -0.1) is 0 Å². The van der Waals surface area contributed by atoms with Gasteiger partial charge in [-0.25, -0.2) is 4.79 Å². The van der Waals surface area contributed by atoms with E-state index in [1.54, 1.807) is 29.1 Å². The SMILES string of the molecule is CCCN(C(=O)NC)N1CC(=O)N2C1CN(Cc1cccc3ccccc13)C(=O)[C@@H]2Cc1ccc(OCCO)cc1. The maximum absolute atomic E-state index is 14.1. The number of carbonyl (C=O) groups excluding carboxylic acids is 3. The third kappa shape index (κ3) is 5.84. The molecule has 0 aliphatic carbocycles. The summed E-state index contributed by atoms with van der Waals surface area (Å²) in [5.74, 6) is 0.329. The van der Waals surface area contributed by atoms with E-state index in [1.165, 1.54) is 0 Å². The number of nitrogens with zero attached hydrogens (tertiary/aromatic N) is 4. The van der Waals surface area contributed by atoms with Crippen LogP contribution in [0.25, 0.3) is 10.8 Å². The van der Waals surface area contributed by atoms with Crippen LogP contribution in [0, 0.1) is 0 Å². The molecule has 2 atom stereocenters. The van der Waals surface area contributed by atoms with Gasteiger partial charge in [0, 0.05) is 26.6 Å². The van der Waals surface area contributed by atoms with Crippen molar-refractivity contribution in [2.24, 2.45) is 0 Å². The van der Waals surface area contributed by atoms with E-state index in [-0.39, 0.29) is 44.1 Å². The molecule has 5 rings (SSSR count). The van der Waals surface area contributed by atoms with Crippen molar-refractivity contribution >= 4 is 28.6 Å². The number of amides is 4. The second-order valence-electron chi connectivity index (χ2n) is 10.4. The number of urea groups is 1. The van der Waals surface area contributed by atoms with Crippen molar-refractivity contribution in [2.45, 2.75) is 38.5 Å². The first-order valence-electron chi connectivity index (χ1n) is 14.1. The average molecular weight is 560 g/mol. The maximum atomic E-state index is 14.1. The van der Waals surface area contributed by atoms with Crippen LogP contribution in [0.15, 0.2) is 66.7 Å². The Bertz CT molecular complexity index is 1390. The number of fused-ring (bicyclic) bond motifs is 2. The van der Waals surface area contributed by atoms with Gasteiger partial charge in [0.2, 0.25) is 11.8 Å². The number of hydrogen-bond acceptors (Lipinski definition) is 6. The van der Waals surface area contributed by atoms with E-state index in [9.17, 15) is 14.4 Å². The molecule has 1 unspecified atom stereocenters.